The number of hydrogen-bond donors (Lipinski definition) is 0. The summed E-state index contributed by atoms with van der Waals surface area (Å²) in [5.41, 5.74) is 1.36. The summed E-state index contributed by atoms with van der Waals surface area (Å²) in [6.45, 7) is 5.32. The van der Waals surface area contributed by atoms with E-state index in [2.05, 4.69) is 11.9 Å². The highest BCUT2D eigenvalue weighted by Gasteiger charge is 2.15. The Bertz CT molecular complexity index is 368. The van der Waals surface area contributed by atoms with Crippen molar-refractivity contribution >= 4 is 17.5 Å². The number of hydrogen-bond acceptors (Lipinski definition) is 2. The van der Waals surface area contributed by atoms with Gasteiger partial charge >= 0.3 is 0 Å². The summed E-state index contributed by atoms with van der Waals surface area (Å²) in [5.74, 6) is 0.434. The van der Waals surface area contributed by atoms with Crippen LogP contribution in [0.5, 0.6) is 0 Å². The largest absolute Gasteiger partial charge is 0.336 e. The summed E-state index contributed by atoms with van der Waals surface area (Å²) < 4.78 is 0. The highest BCUT2D eigenvalue weighted by Crippen LogP contribution is 2.05. The van der Waals surface area contributed by atoms with Gasteiger partial charge in [-0.15, -0.1) is 11.6 Å². The molecule has 0 spiro atoms. The lowest BCUT2D eigenvalue weighted by Crippen LogP contribution is -2.34. The van der Waals surface area contributed by atoms with Crippen LogP contribution in [0.15, 0.2) is 18.2 Å². The number of pyridine rings is 1. The van der Waals surface area contributed by atoms with Gasteiger partial charge in [0.1, 0.15) is 5.69 Å². The molecule has 0 aliphatic carbocycles. The zero-order chi connectivity index (χ0) is 12.7. The number of halogens is 1. The number of alkyl halides is 1. The van der Waals surface area contributed by atoms with Crippen molar-refractivity contribution in [1.29, 1.82) is 0 Å². The molecule has 1 heterocycles. The van der Waals surface area contributed by atoms with Crippen LogP contribution in [0.2, 0.25) is 0 Å². The third kappa shape index (κ3) is 4.35. The van der Waals surface area contributed by atoms with Gasteiger partial charge in [0.25, 0.3) is 5.91 Å². The van der Waals surface area contributed by atoms with Crippen molar-refractivity contribution in [2.75, 3.05) is 19.0 Å². The molecule has 0 aliphatic heterocycles. The van der Waals surface area contributed by atoms with Gasteiger partial charge < -0.3 is 4.90 Å². The molecule has 17 heavy (non-hydrogen) atoms. The van der Waals surface area contributed by atoms with Crippen LogP contribution in [0.1, 0.15) is 35.9 Å². The number of carbonyl (C=O) groups is 1. The molecule has 0 aromatic carbocycles. The van der Waals surface area contributed by atoms with Gasteiger partial charge in [-0.3, -0.25) is 4.79 Å². The maximum absolute atomic E-state index is 12.2. The molecule has 0 bridgehead atoms. The lowest BCUT2D eigenvalue weighted by Gasteiger charge is -2.21. The van der Waals surface area contributed by atoms with Crippen molar-refractivity contribution in [1.82, 2.24) is 9.88 Å². The molecule has 4 heteroatoms. The van der Waals surface area contributed by atoms with Crippen LogP contribution in [-0.4, -0.2) is 34.8 Å². The van der Waals surface area contributed by atoms with Gasteiger partial charge in [-0.05, 0) is 25.5 Å². The van der Waals surface area contributed by atoms with Crippen LogP contribution in [0.25, 0.3) is 0 Å². The van der Waals surface area contributed by atoms with Crippen LogP contribution in [-0.2, 0) is 0 Å². The summed E-state index contributed by atoms with van der Waals surface area (Å²) in [4.78, 5) is 18.2. The van der Waals surface area contributed by atoms with E-state index in [9.17, 15) is 4.79 Å². The van der Waals surface area contributed by atoms with Gasteiger partial charge in [0, 0.05) is 24.7 Å². The van der Waals surface area contributed by atoms with E-state index in [4.69, 9.17) is 11.6 Å². The smallest absolute Gasteiger partial charge is 0.272 e. The highest BCUT2D eigenvalue weighted by atomic mass is 35.5. The third-order valence-electron chi connectivity index (χ3n) is 2.53. The Kier molecular flexibility index (Phi) is 5.98. The summed E-state index contributed by atoms with van der Waals surface area (Å²) in [5, 5.41) is 0. The molecular weight excluding hydrogens is 236 g/mol. The topological polar surface area (TPSA) is 33.2 Å². The van der Waals surface area contributed by atoms with E-state index in [1.54, 1.807) is 11.0 Å². The quantitative estimate of drug-likeness (QED) is 0.732. The van der Waals surface area contributed by atoms with E-state index in [1.165, 1.54) is 0 Å². The Labute approximate surface area is 108 Å². The number of unbranched alkanes of at least 4 members (excludes halogenated alkanes) is 1. The van der Waals surface area contributed by atoms with Crippen molar-refractivity contribution in [3.63, 3.8) is 0 Å². The molecule has 1 amide bonds. The average Bonchev–Trinajstić information content (AvgIpc) is 2.33. The first-order chi connectivity index (χ1) is 8.19. The van der Waals surface area contributed by atoms with Crippen molar-refractivity contribution < 1.29 is 4.79 Å². The molecule has 0 atom stereocenters. The molecule has 1 aromatic rings. The fourth-order valence-electron chi connectivity index (χ4n) is 1.59. The van der Waals surface area contributed by atoms with Crippen molar-refractivity contribution in [3.8, 4) is 0 Å². The zero-order valence-corrected chi connectivity index (χ0v) is 11.2. The molecule has 0 radical (unpaired) electrons. The SMILES string of the molecule is CCCCN(CCCl)C(=O)c1cccc(C)n1. The summed E-state index contributed by atoms with van der Waals surface area (Å²) in [7, 11) is 0. The Morgan fingerprint density at radius 3 is 2.76 bits per heavy atom. The molecule has 1 rings (SSSR count). The van der Waals surface area contributed by atoms with Gasteiger partial charge in [-0.2, -0.15) is 0 Å². The van der Waals surface area contributed by atoms with Crippen LogP contribution in [0, 0.1) is 6.92 Å². The van der Waals surface area contributed by atoms with E-state index in [-0.39, 0.29) is 5.91 Å². The molecule has 0 unspecified atom stereocenters. The average molecular weight is 255 g/mol. The van der Waals surface area contributed by atoms with Crippen LogP contribution in [0.4, 0.5) is 0 Å². The number of amides is 1. The fourth-order valence-corrected chi connectivity index (χ4v) is 1.79. The molecule has 0 N–H and O–H groups in total. The first-order valence-electron chi connectivity index (χ1n) is 5.98. The van der Waals surface area contributed by atoms with E-state index < -0.39 is 0 Å². The third-order valence-corrected chi connectivity index (χ3v) is 2.70. The number of nitrogens with zero attached hydrogens (tertiary/aromatic N) is 2. The Balaban J connectivity index is 2.76. The maximum Gasteiger partial charge on any atom is 0.272 e. The van der Waals surface area contributed by atoms with E-state index in [1.807, 2.05) is 19.1 Å². The van der Waals surface area contributed by atoms with Gasteiger partial charge in [-0.1, -0.05) is 19.4 Å². The minimum Gasteiger partial charge on any atom is -0.336 e. The molecule has 0 aliphatic rings. The van der Waals surface area contributed by atoms with Gasteiger partial charge in [0.2, 0.25) is 0 Å². The Hall–Kier alpha value is -1.09. The number of aryl methyl sites for hydroxylation is 1. The standard InChI is InChI=1S/C13H19ClN2O/c1-3-4-9-16(10-8-14)13(17)12-7-5-6-11(2)15-12/h5-7H,3-4,8-10H2,1-2H3. The molecule has 0 saturated carbocycles. The monoisotopic (exact) mass is 254 g/mol. The number of rotatable bonds is 6. The lowest BCUT2D eigenvalue weighted by molar-refractivity contribution is 0.0757. The minimum atomic E-state index is -0.0252. The fraction of sp³-hybridized carbons (Fsp3) is 0.538. The number of carbonyl (C=O) groups excluding carboxylic acids is 1. The second kappa shape index (κ2) is 7.28. The Morgan fingerprint density at radius 2 is 2.18 bits per heavy atom. The predicted molar refractivity (Wildman–Crippen MR) is 70.5 cm³/mol. The molecule has 1 aromatic heterocycles. The van der Waals surface area contributed by atoms with Crippen LogP contribution in [0.3, 0.4) is 0 Å². The molecular formula is C13H19ClN2O. The highest BCUT2D eigenvalue weighted by molar-refractivity contribution is 6.18. The zero-order valence-electron chi connectivity index (χ0n) is 10.4. The van der Waals surface area contributed by atoms with Crippen molar-refractivity contribution in [2.24, 2.45) is 0 Å². The summed E-state index contributed by atoms with van der Waals surface area (Å²) in [6, 6.07) is 5.49. The second-order valence-electron chi connectivity index (χ2n) is 4.00. The van der Waals surface area contributed by atoms with Gasteiger partial charge in [0.15, 0.2) is 0 Å². The van der Waals surface area contributed by atoms with E-state index in [0.29, 0.717) is 18.1 Å². The van der Waals surface area contributed by atoms with Crippen molar-refractivity contribution in [3.05, 3.63) is 29.6 Å². The Morgan fingerprint density at radius 1 is 1.41 bits per heavy atom. The minimum absolute atomic E-state index is 0.0252. The van der Waals surface area contributed by atoms with Crippen molar-refractivity contribution in [2.45, 2.75) is 26.7 Å². The van der Waals surface area contributed by atoms with Gasteiger partial charge in [-0.25, -0.2) is 4.98 Å². The lowest BCUT2D eigenvalue weighted by atomic mass is 10.2. The van der Waals surface area contributed by atoms with E-state index >= 15 is 0 Å². The van der Waals surface area contributed by atoms with E-state index in [0.717, 1.165) is 25.1 Å². The molecule has 0 saturated heterocycles. The van der Waals surface area contributed by atoms with Crippen LogP contribution >= 0.6 is 11.6 Å². The normalized spacial score (nSPS) is 10.3. The van der Waals surface area contributed by atoms with Crippen LogP contribution < -0.4 is 0 Å². The second-order valence-corrected chi connectivity index (χ2v) is 4.38. The molecule has 3 nitrogen and oxygen atoms in total. The summed E-state index contributed by atoms with van der Waals surface area (Å²) in [6.07, 6.45) is 2.06. The predicted octanol–water partition coefficient (Wildman–Crippen LogP) is 2.87. The number of aromatic nitrogens is 1. The first kappa shape index (κ1) is 14.0. The molecule has 0 fully saturated rings. The maximum atomic E-state index is 12.2. The first-order valence-corrected chi connectivity index (χ1v) is 6.51. The summed E-state index contributed by atoms with van der Waals surface area (Å²) >= 11 is 5.72. The molecule has 94 valence electrons. The van der Waals surface area contributed by atoms with Gasteiger partial charge in [0.05, 0.1) is 0 Å².